The molecule has 112 valence electrons. The molecule has 0 atom stereocenters. The van der Waals surface area contributed by atoms with Gasteiger partial charge in [-0.3, -0.25) is 0 Å². The number of methoxy groups -OCH3 is 1. The lowest BCUT2D eigenvalue weighted by Crippen LogP contribution is -2.42. The number of ether oxygens (including phenoxy) is 1. The summed E-state index contributed by atoms with van der Waals surface area (Å²) in [5.74, 6) is 2.11. The largest absolute Gasteiger partial charge is 0.378 e. The van der Waals surface area contributed by atoms with Crippen LogP contribution in [0.2, 0.25) is 0 Å². The predicted molar refractivity (Wildman–Crippen MR) is 75.1 cm³/mol. The van der Waals surface area contributed by atoms with E-state index in [2.05, 4.69) is 17.1 Å². The Morgan fingerprint density at radius 3 is 2.55 bits per heavy atom. The number of hydrogen-bond donors (Lipinski definition) is 1. The van der Waals surface area contributed by atoms with Gasteiger partial charge < -0.3 is 15.0 Å². The molecule has 1 aromatic heterocycles. The van der Waals surface area contributed by atoms with E-state index in [1.807, 2.05) is 0 Å². The zero-order valence-corrected chi connectivity index (χ0v) is 12.5. The van der Waals surface area contributed by atoms with Crippen LogP contribution in [0.4, 0.5) is 0 Å². The van der Waals surface area contributed by atoms with E-state index in [1.54, 1.807) is 7.11 Å². The predicted octanol–water partition coefficient (Wildman–Crippen LogP) is 2.55. The fraction of sp³-hybridized carbons (Fsp3) is 0.867. The van der Waals surface area contributed by atoms with Crippen LogP contribution in [0.1, 0.15) is 63.6 Å². The smallest absolute Gasteiger partial charge is 0.229 e. The molecule has 0 aliphatic heterocycles. The van der Waals surface area contributed by atoms with E-state index in [9.17, 15) is 0 Å². The van der Waals surface area contributed by atoms with Gasteiger partial charge in [-0.15, -0.1) is 0 Å². The zero-order valence-electron chi connectivity index (χ0n) is 12.5. The molecule has 3 rings (SSSR count). The van der Waals surface area contributed by atoms with Crippen molar-refractivity contribution in [3.05, 3.63) is 11.7 Å². The lowest BCUT2D eigenvalue weighted by molar-refractivity contribution is -0.0751. The van der Waals surface area contributed by atoms with Gasteiger partial charge in [-0.2, -0.15) is 4.98 Å². The van der Waals surface area contributed by atoms with Gasteiger partial charge >= 0.3 is 0 Å². The van der Waals surface area contributed by atoms with Crippen molar-refractivity contribution in [3.8, 4) is 0 Å². The molecule has 0 aromatic carbocycles. The van der Waals surface area contributed by atoms with Gasteiger partial charge in [-0.25, -0.2) is 0 Å². The van der Waals surface area contributed by atoms with Crippen molar-refractivity contribution >= 4 is 0 Å². The van der Waals surface area contributed by atoms with Crippen LogP contribution in [-0.2, 0) is 16.7 Å². The molecule has 0 saturated heterocycles. The highest BCUT2D eigenvalue weighted by Gasteiger charge is 2.40. The van der Waals surface area contributed by atoms with Crippen molar-refractivity contribution in [2.24, 2.45) is 11.7 Å². The molecule has 5 nitrogen and oxygen atoms in total. The molecule has 2 aliphatic rings. The van der Waals surface area contributed by atoms with Crippen LogP contribution >= 0.6 is 0 Å². The third-order valence-corrected chi connectivity index (χ3v) is 5.25. The average Bonchev–Trinajstić information content (AvgIpc) is 2.87. The van der Waals surface area contributed by atoms with E-state index in [0.717, 1.165) is 44.4 Å². The maximum Gasteiger partial charge on any atom is 0.229 e. The number of nitrogens with two attached hydrogens (primary N) is 1. The van der Waals surface area contributed by atoms with Gasteiger partial charge in [-0.1, -0.05) is 12.1 Å². The van der Waals surface area contributed by atoms with Crippen LogP contribution in [0.5, 0.6) is 0 Å². The minimum absolute atomic E-state index is 0.0767. The summed E-state index contributed by atoms with van der Waals surface area (Å²) in [6.07, 6.45) is 8.26. The van der Waals surface area contributed by atoms with Crippen molar-refractivity contribution in [1.29, 1.82) is 0 Å². The molecule has 0 amide bonds. The van der Waals surface area contributed by atoms with Crippen molar-refractivity contribution in [3.63, 3.8) is 0 Å². The Balaban J connectivity index is 1.70. The number of aromatic nitrogens is 2. The Morgan fingerprint density at radius 1 is 1.30 bits per heavy atom. The molecule has 2 aliphatic carbocycles. The van der Waals surface area contributed by atoms with E-state index in [4.69, 9.17) is 15.0 Å². The molecule has 2 fully saturated rings. The van der Waals surface area contributed by atoms with Crippen LogP contribution < -0.4 is 5.73 Å². The number of rotatable bonds is 4. The Hall–Kier alpha value is -0.940. The molecule has 20 heavy (non-hydrogen) atoms. The zero-order chi connectivity index (χ0) is 14.2. The third kappa shape index (κ3) is 2.49. The number of nitrogens with zero attached hydrogens (tertiary/aromatic N) is 2. The topological polar surface area (TPSA) is 74.2 Å². The van der Waals surface area contributed by atoms with Crippen LogP contribution in [0.3, 0.4) is 0 Å². The Bertz CT molecular complexity index is 454. The average molecular weight is 279 g/mol. The quantitative estimate of drug-likeness (QED) is 0.916. The summed E-state index contributed by atoms with van der Waals surface area (Å²) >= 11 is 0. The van der Waals surface area contributed by atoms with Crippen LogP contribution in [0, 0.1) is 5.92 Å². The van der Waals surface area contributed by atoms with E-state index < -0.39 is 5.54 Å². The summed E-state index contributed by atoms with van der Waals surface area (Å²) in [7, 11) is 1.77. The molecule has 5 heteroatoms. The number of hydrogen-bond acceptors (Lipinski definition) is 5. The molecule has 1 heterocycles. The Labute approximate surface area is 120 Å². The SMILES string of the molecule is COC1(Cc2nc(C3(N)CCC(C)CC3)no2)CCC1. The molecule has 2 N–H and O–H groups in total. The third-order valence-electron chi connectivity index (χ3n) is 5.25. The standard InChI is InChI=1S/C15H25N3O2/c1-11-4-8-15(16,9-5-11)13-17-12(20-18-13)10-14(19-2)6-3-7-14/h11H,3-10,16H2,1-2H3. The highest BCUT2D eigenvalue weighted by molar-refractivity contribution is 5.07. The van der Waals surface area contributed by atoms with Crippen LogP contribution in [0.15, 0.2) is 4.52 Å². The van der Waals surface area contributed by atoms with Crippen molar-refractivity contribution < 1.29 is 9.26 Å². The Morgan fingerprint density at radius 2 is 2.00 bits per heavy atom. The summed E-state index contributed by atoms with van der Waals surface area (Å²) < 4.78 is 11.0. The first kappa shape index (κ1) is 14.0. The monoisotopic (exact) mass is 279 g/mol. The van der Waals surface area contributed by atoms with Crippen molar-refractivity contribution in [1.82, 2.24) is 10.1 Å². The molecule has 1 aromatic rings. The molecular weight excluding hydrogens is 254 g/mol. The second-order valence-electron chi connectivity index (χ2n) is 6.77. The molecule has 0 bridgehead atoms. The summed E-state index contributed by atoms with van der Waals surface area (Å²) in [5, 5.41) is 4.15. The van der Waals surface area contributed by atoms with Gasteiger partial charge in [0, 0.05) is 7.11 Å². The first-order valence-corrected chi connectivity index (χ1v) is 7.72. The normalized spacial score (nSPS) is 32.9. The summed E-state index contributed by atoms with van der Waals surface area (Å²) in [4.78, 5) is 4.56. The maximum atomic E-state index is 6.48. The van der Waals surface area contributed by atoms with E-state index in [-0.39, 0.29) is 5.60 Å². The minimum Gasteiger partial charge on any atom is -0.378 e. The lowest BCUT2D eigenvalue weighted by atomic mass is 9.77. The van der Waals surface area contributed by atoms with Gasteiger partial charge in [0.05, 0.1) is 17.6 Å². The fourth-order valence-corrected chi connectivity index (χ4v) is 3.33. The summed E-state index contributed by atoms with van der Waals surface area (Å²) in [6, 6.07) is 0. The molecule has 0 unspecified atom stereocenters. The summed E-state index contributed by atoms with van der Waals surface area (Å²) in [6.45, 7) is 2.28. The molecular formula is C15H25N3O2. The highest BCUT2D eigenvalue weighted by Crippen LogP contribution is 2.39. The van der Waals surface area contributed by atoms with Crippen molar-refractivity contribution in [2.75, 3.05) is 7.11 Å². The van der Waals surface area contributed by atoms with Gasteiger partial charge in [0.25, 0.3) is 0 Å². The lowest BCUT2D eigenvalue weighted by Gasteiger charge is -2.39. The van der Waals surface area contributed by atoms with E-state index >= 15 is 0 Å². The van der Waals surface area contributed by atoms with E-state index in [0.29, 0.717) is 18.1 Å². The van der Waals surface area contributed by atoms with Crippen LogP contribution in [0.25, 0.3) is 0 Å². The van der Waals surface area contributed by atoms with E-state index in [1.165, 1.54) is 6.42 Å². The van der Waals surface area contributed by atoms with Crippen LogP contribution in [-0.4, -0.2) is 22.9 Å². The summed E-state index contributed by atoms with van der Waals surface area (Å²) in [5.41, 5.74) is 6.01. The van der Waals surface area contributed by atoms with Gasteiger partial charge in [0.15, 0.2) is 5.82 Å². The maximum absolute atomic E-state index is 6.48. The first-order valence-electron chi connectivity index (χ1n) is 7.72. The minimum atomic E-state index is -0.395. The van der Waals surface area contributed by atoms with Gasteiger partial charge in [0.1, 0.15) is 0 Å². The molecule has 0 spiro atoms. The van der Waals surface area contributed by atoms with Gasteiger partial charge in [0.2, 0.25) is 5.89 Å². The van der Waals surface area contributed by atoms with Gasteiger partial charge in [-0.05, 0) is 50.9 Å². The second kappa shape index (κ2) is 5.11. The first-order chi connectivity index (χ1) is 9.55. The second-order valence-corrected chi connectivity index (χ2v) is 6.77. The van der Waals surface area contributed by atoms with Crippen molar-refractivity contribution in [2.45, 2.75) is 69.4 Å². The molecule has 0 radical (unpaired) electrons. The molecule has 2 saturated carbocycles. The highest BCUT2D eigenvalue weighted by atomic mass is 16.5. The fourth-order valence-electron chi connectivity index (χ4n) is 3.33. The Kier molecular flexibility index (Phi) is 3.58.